The van der Waals surface area contributed by atoms with E-state index in [1.165, 1.54) is 24.3 Å². The van der Waals surface area contributed by atoms with Crippen molar-refractivity contribution in [2.75, 3.05) is 18.2 Å². The number of hydrogen-bond donors (Lipinski definition) is 1. The van der Waals surface area contributed by atoms with Crippen LogP contribution in [-0.2, 0) is 25.8 Å². The largest absolute Gasteiger partial charge is 0.452 e. The third-order valence-electron chi connectivity index (χ3n) is 3.48. The van der Waals surface area contributed by atoms with Gasteiger partial charge in [0.25, 0.3) is 5.91 Å². The first-order valence-electron chi connectivity index (χ1n) is 7.65. The van der Waals surface area contributed by atoms with Crippen molar-refractivity contribution in [3.05, 3.63) is 59.7 Å². The highest BCUT2D eigenvalue weighted by Crippen LogP contribution is 2.13. The molecule has 0 bridgehead atoms. The van der Waals surface area contributed by atoms with Crippen molar-refractivity contribution >= 4 is 27.4 Å². The van der Waals surface area contributed by atoms with Crippen LogP contribution in [0.4, 0.5) is 5.69 Å². The van der Waals surface area contributed by atoms with Gasteiger partial charge in [0.2, 0.25) is 0 Å². The van der Waals surface area contributed by atoms with E-state index in [0.29, 0.717) is 5.69 Å². The summed E-state index contributed by atoms with van der Waals surface area (Å²) in [5.74, 6) is -1.24. The second-order valence-corrected chi connectivity index (χ2v) is 7.49. The van der Waals surface area contributed by atoms with Crippen molar-refractivity contribution < 1.29 is 22.7 Å². The van der Waals surface area contributed by atoms with Gasteiger partial charge in [-0.3, -0.25) is 4.79 Å². The van der Waals surface area contributed by atoms with Gasteiger partial charge in [0.15, 0.2) is 16.4 Å². The Morgan fingerprint density at radius 3 is 2.36 bits per heavy atom. The molecule has 0 fully saturated rings. The molecule has 2 aromatic carbocycles. The Kier molecular flexibility index (Phi) is 5.93. The number of benzene rings is 2. The zero-order valence-corrected chi connectivity index (χ0v) is 14.8. The molecule has 2 aromatic rings. The molecule has 0 radical (unpaired) electrons. The van der Waals surface area contributed by atoms with Gasteiger partial charge in [-0.1, -0.05) is 25.1 Å². The van der Waals surface area contributed by atoms with Gasteiger partial charge < -0.3 is 10.1 Å². The minimum atomic E-state index is -3.42. The summed E-state index contributed by atoms with van der Waals surface area (Å²) in [5.41, 5.74) is 1.83. The van der Waals surface area contributed by atoms with Gasteiger partial charge in [-0.05, 0) is 42.3 Å². The fourth-order valence-corrected chi connectivity index (χ4v) is 2.76. The summed E-state index contributed by atoms with van der Waals surface area (Å²) >= 11 is 0. The van der Waals surface area contributed by atoms with Gasteiger partial charge in [0, 0.05) is 11.9 Å². The third kappa shape index (κ3) is 5.42. The fourth-order valence-electron chi connectivity index (χ4n) is 2.09. The number of carbonyl (C=O) groups excluding carboxylic acids is 2. The highest BCUT2D eigenvalue weighted by Gasteiger charge is 2.14. The normalized spacial score (nSPS) is 11.0. The number of ether oxygens (including phenoxy) is 1. The van der Waals surface area contributed by atoms with Crippen LogP contribution in [-0.4, -0.2) is 33.2 Å². The van der Waals surface area contributed by atoms with Crippen LogP contribution in [0.5, 0.6) is 0 Å². The number of anilines is 1. The predicted octanol–water partition coefficient (Wildman–Crippen LogP) is 2.45. The molecular formula is C18H19NO5S. The van der Waals surface area contributed by atoms with Crippen LogP contribution in [0, 0.1) is 0 Å². The smallest absolute Gasteiger partial charge is 0.338 e. The van der Waals surface area contributed by atoms with E-state index in [2.05, 4.69) is 5.32 Å². The van der Waals surface area contributed by atoms with Crippen LogP contribution in [0.25, 0.3) is 0 Å². The summed E-state index contributed by atoms with van der Waals surface area (Å²) in [6, 6.07) is 12.8. The fraction of sp³-hybridized carbons (Fsp3) is 0.222. The Bertz CT molecular complexity index is 873. The molecule has 0 spiro atoms. The van der Waals surface area contributed by atoms with Gasteiger partial charge in [0.1, 0.15) is 0 Å². The van der Waals surface area contributed by atoms with Gasteiger partial charge in [0.05, 0.1) is 10.5 Å². The van der Waals surface area contributed by atoms with Crippen molar-refractivity contribution in [2.24, 2.45) is 0 Å². The van der Waals surface area contributed by atoms with E-state index >= 15 is 0 Å². The van der Waals surface area contributed by atoms with E-state index in [1.54, 1.807) is 12.1 Å². The molecule has 0 heterocycles. The summed E-state index contributed by atoms with van der Waals surface area (Å²) in [5, 5.41) is 2.62. The highest BCUT2D eigenvalue weighted by molar-refractivity contribution is 7.90. The van der Waals surface area contributed by atoms with Crippen LogP contribution in [0.15, 0.2) is 53.4 Å². The lowest BCUT2D eigenvalue weighted by Gasteiger charge is -2.08. The first-order valence-corrected chi connectivity index (χ1v) is 9.55. The molecule has 0 aliphatic carbocycles. The third-order valence-corrected chi connectivity index (χ3v) is 4.59. The lowest BCUT2D eigenvalue weighted by atomic mass is 10.1. The topological polar surface area (TPSA) is 89.5 Å². The van der Waals surface area contributed by atoms with Gasteiger partial charge in [-0.25, -0.2) is 13.2 Å². The molecule has 6 nitrogen and oxygen atoms in total. The van der Waals surface area contributed by atoms with E-state index < -0.39 is 28.3 Å². The van der Waals surface area contributed by atoms with Crippen LogP contribution in [0.1, 0.15) is 22.8 Å². The number of hydrogen-bond acceptors (Lipinski definition) is 5. The first kappa shape index (κ1) is 18.7. The molecule has 0 aromatic heterocycles. The van der Waals surface area contributed by atoms with Crippen LogP contribution < -0.4 is 5.32 Å². The summed E-state index contributed by atoms with van der Waals surface area (Å²) in [6.07, 6.45) is 1.95. The number of rotatable bonds is 6. The van der Waals surface area contributed by atoms with Crippen molar-refractivity contribution in [3.63, 3.8) is 0 Å². The second-order valence-electron chi connectivity index (χ2n) is 5.47. The molecule has 2 rings (SSSR count). The molecule has 0 unspecified atom stereocenters. The lowest BCUT2D eigenvalue weighted by molar-refractivity contribution is -0.119. The predicted molar refractivity (Wildman–Crippen MR) is 94.3 cm³/mol. The monoisotopic (exact) mass is 361 g/mol. The van der Waals surface area contributed by atoms with Crippen molar-refractivity contribution in [2.45, 2.75) is 18.2 Å². The summed E-state index contributed by atoms with van der Waals surface area (Å²) in [4.78, 5) is 23.8. The van der Waals surface area contributed by atoms with Crippen molar-refractivity contribution in [3.8, 4) is 0 Å². The Hall–Kier alpha value is -2.67. The molecule has 0 saturated carbocycles. The second kappa shape index (κ2) is 7.94. The average molecular weight is 361 g/mol. The zero-order chi connectivity index (χ0) is 18.4. The van der Waals surface area contributed by atoms with Gasteiger partial charge in [-0.15, -0.1) is 0 Å². The standard InChI is InChI=1S/C18H19NO5S/c1-3-13-7-9-15(10-8-13)19-17(20)12-24-18(21)14-5-4-6-16(11-14)25(2,22)23/h4-11H,3,12H2,1-2H3,(H,19,20). The van der Waals surface area contributed by atoms with Crippen molar-refractivity contribution in [1.29, 1.82) is 0 Å². The van der Waals surface area contributed by atoms with E-state index in [1.807, 2.05) is 19.1 Å². The molecule has 1 amide bonds. The zero-order valence-electron chi connectivity index (χ0n) is 14.0. The first-order chi connectivity index (χ1) is 11.8. The Morgan fingerprint density at radius 1 is 1.08 bits per heavy atom. The molecule has 0 aliphatic rings. The van der Waals surface area contributed by atoms with Gasteiger partial charge in [-0.2, -0.15) is 0 Å². The molecule has 0 saturated heterocycles. The van der Waals surface area contributed by atoms with E-state index in [9.17, 15) is 18.0 Å². The molecule has 1 N–H and O–H groups in total. The Balaban J connectivity index is 1.94. The summed E-state index contributed by atoms with van der Waals surface area (Å²) in [6.45, 7) is 1.57. The maximum atomic E-state index is 12.0. The van der Waals surface area contributed by atoms with E-state index in [0.717, 1.165) is 18.2 Å². The van der Waals surface area contributed by atoms with Crippen LogP contribution in [0.3, 0.4) is 0 Å². The van der Waals surface area contributed by atoms with Crippen LogP contribution in [0.2, 0.25) is 0 Å². The average Bonchev–Trinajstić information content (AvgIpc) is 2.59. The number of aryl methyl sites for hydroxylation is 1. The number of nitrogens with one attached hydrogen (secondary N) is 1. The van der Waals surface area contributed by atoms with Crippen LogP contribution >= 0.6 is 0 Å². The summed E-state index contributed by atoms with van der Waals surface area (Å²) in [7, 11) is -3.42. The van der Waals surface area contributed by atoms with Gasteiger partial charge >= 0.3 is 5.97 Å². The number of amides is 1. The molecule has 7 heteroatoms. The number of esters is 1. The molecule has 0 atom stereocenters. The minimum absolute atomic E-state index is 0.0161. The molecule has 25 heavy (non-hydrogen) atoms. The van der Waals surface area contributed by atoms with E-state index in [-0.39, 0.29) is 10.5 Å². The Labute approximate surface area is 146 Å². The molecular weight excluding hydrogens is 342 g/mol. The SMILES string of the molecule is CCc1ccc(NC(=O)COC(=O)c2cccc(S(C)(=O)=O)c2)cc1. The summed E-state index contributed by atoms with van der Waals surface area (Å²) < 4.78 is 27.9. The quantitative estimate of drug-likeness (QED) is 0.798. The maximum Gasteiger partial charge on any atom is 0.338 e. The molecule has 0 aliphatic heterocycles. The lowest BCUT2D eigenvalue weighted by Crippen LogP contribution is -2.21. The highest BCUT2D eigenvalue weighted by atomic mass is 32.2. The Morgan fingerprint density at radius 2 is 1.76 bits per heavy atom. The van der Waals surface area contributed by atoms with E-state index in [4.69, 9.17) is 4.74 Å². The minimum Gasteiger partial charge on any atom is -0.452 e. The molecule has 132 valence electrons. The number of sulfone groups is 1. The van der Waals surface area contributed by atoms with Crippen molar-refractivity contribution in [1.82, 2.24) is 0 Å². The number of carbonyl (C=O) groups is 2. The maximum absolute atomic E-state index is 12.0.